The van der Waals surface area contributed by atoms with Crippen molar-refractivity contribution in [3.05, 3.63) is 34.3 Å². The molecule has 0 unspecified atom stereocenters. The molecule has 82 valence electrons. The van der Waals surface area contributed by atoms with Gasteiger partial charge in [0.05, 0.1) is 5.02 Å². The summed E-state index contributed by atoms with van der Waals surface area (Å²) in [6.45, 7) is 1.93. The molecule has 1 aromatic rings. The fourth-order valence-electron chi connectivity index (χ4n) is 1.10. The minimum atomic E-state index is 0.523. The molecule has 1 aromatic carbocycles. The third-order valence-electron chi connectivity index (χ3n) is 2.27. The monoisotopic (exact) mass is 225 g/mol. The topological polar surface area (TPSA) is 29.1 Å². The van der Waals surface area contributed by atoms with Crippen molar-refractivity contribution < 1.29 is 4.79 Å². The van der Waals surface area contributed by atoms with Crippen molar-refractivity contribution in [2.24, 2.45) is 0 Å². The molecule has 1 N–H and O–H groups in total. The van der Waals surface area contributed by atoms with Crippen LogP contribution < -0.4 is 5.32 Å². The van der Waals surface area contributed by atoms with Gasteiger partial charge >= 0.3 is 0 Å². The summed E-state index contributed by atoms with van der Waals surface area (Å²) in [6, 6.07) is 6.22. The molecular weight excluding hydrogens is 210 g/mol. The molecule has 0 amide bonds. The van der Waals surface area contributed by atoms with E-state index in [0.717, 1.165) is 17.9 Å². The van der Waals surface area contributed by atoms with Crippen LogP contribution in [0.2, 0.25) is 5.02 Å². The number of nitrogens with one attached hydrogen (secondary N) is 1. The van der Waals surface area contributed by atoms with Crippen molar-refractivity contribution in [1.29, 1.82) is 0 Å². The van der Waals surface area contributed by atoms with Gasteiger partial charge in [0.15, 0.2) is 6.29 Å². The third-order valence-corrected chi connectivity index (χ3v) is 2.60. The summed E-state index contributed by atoms with van der Waals surface area (Å²) in [5.41, 5.74) is 1.61. The highest BCUT2D eigenvalue weighted by Gasteiger charge is 2.17. The second-order valence-corrected chi connectivity index (χ2v) is 4.11. The Labute approximate surface area is 95.6 Å². The van der Waals surface area contributed by atoms with Gasteiger partial charge in [0.2, 0.25) is 0 Å². The van der Waals surface area contributed by atoms with Gasteiger partial charge in [0.1, 0.15) is 0 Å². The first-order valence-corrected chi connectivity index (χ1v) is 5.43. The third kappa shape index (κ3) is 4.45. The Kier molecular flexibility index (Phi) is 4.79. The fourth-order valence-corrected chi connectivity index (χ4v) is 1.38. The van der Waals surface area contributed by atoms with Gasteiger partial charge in [-0.3, -0.25) is 4.79 Å². The molecule has 2 rings (SSSR count). The van der Waals surface area contributed by atoms with Crippen LogP contribution in [0.1, 0.15) is 28.8 Å². The molecule has 0 aliphatic heterocycles. The van der Waals surface area contributed by atoms with Crippen molar-refractivity contribution in [2.45, 2.75) is 25.8 Å². The van der Waals surface area contributed by atoms with Crippen molar-refractivity contribution in [1.82, 2.24) is 5.32 Å². The van der Waals surface area contributed by atoms with Crippen LogP contribution in [0.4, 0.5) is 0 Å². The van der Waals surface area contributed by atoms with E-state index in [1.807, 2.05) is 20.0 Å². The molecule has 1 aliphatic carbocycles. The average Bonchev–Trinajstić information content (AvgIpc) is 3.02. The quantitative estimate of drug-likeness (QED) is 0.785. The molecule has 2 nitrogen and oxygen atoms in total. The largest absolute Gasteiger partial charge is 0.317 e. The lowest BCUT2D eigenvalue weighted by Gasteiger charge is -1.95. The summed E-state index contributed by atoms with van der Waals surface area (Å²) in [6.07, 6.45) is 3.55. The summed E-state index contributed by atoms with van der Waals surface area (Å²) in [5.74, 6) is 0. The average molecular weight is 226 g/mol. The van der Waals surface area contributed by atoms with E-state index in [0.29, 0.717) is 10.6 Å². The molecule has 0 bridgehead atoms. The van der Waals surface area contributed by atoms with Crippen LogP contribution in [0.3, 0.4) is 0 Å². The van der Waals surface area contributed by atoms with Crippen molar-refractivity contribution in [3.8, 4) is 0 Å². The maximum Gasteiger partial charge on any atom is 0.151 e. The number of rotatable bonds is 2. The Balaban J connectivity index is 0.000000187. The molecule has 0 saturated heterocycles. The van der Waals surface area contributed by atoms with E-state index in [-0.39, 0.29) is 0 Å². The second-order valence-electron chi connectivity index (χ2n) is 3.71. The normalized spacial score (nSPS) is 14.1. The minimum absolute atomic E-state index is 0.523. The summed E-state index contributed by atoms with van der Waals surface area (Å²) < 4.78 is 0. The first-order chi connectivity index (χ1) is 7.17. The van der Waals surface area contributed by atoms with Crippen LogP contribution in [0.15, 0.2) is 18.2 Å². The predicted molar refractivity (Wildman–Crippen MR) is 63.7 cm³/mol. The molecule has 1 saturated carbocycles. The highest BCUT2D eigenvalue weighted by Crippen LogP contribution is 2.17. The maximum absolute atomic E-state index is 10.3. The van der Waals surface area contributed by atoms with Crippen LogP contribution in [-0.2, 0) is 0 Å². The van der Waals surface area contributed by atoms with E-state index >= 15 is 0 Å². The zero-order chi connectivity index (χ0) is 11.3. The molecule has 0 aromatic heterocycles. The zero-order valence-corrected chi connectivity index (χ0v) is 9.84. The minimum Gasteiger partial charge on any atom is -0.317 e. The van der Waals surface area contributed by atoms with Crippen LogP contribution in [0.25, 0.3) is 0 Å². The molecule has 15 heavy (non-hydrogen) atoms. The van der Waals surface area contributed by atoms with Gasteiger partial charge in [0.25, 0.3) is 0 Å². The Morgan fingerprint density at radius 1 is 1.47 bits per heavy atom. The molecule has 0 spiro atoms. The van der Waals surface area contributed by atoms with Gasteiger partial charge in [0, 0.05) is 11.6 Å². The fraction of sp³-hybridized carbons (Fsp3) is 0.417. The highest BCUT2D eigenvalue weighted by atomic mass is 35.5. The van der Waals surface area contributed by atoms with Crippen molar-refractivity contribution >= 4 is 17.9 Å². The van der Waals surface area contributed by atoms with Gasteiger partial charge < -0.3 is 5.32 Å². The van der Waals surface area contributed by atoms with Crippen LogP contribution >= 0.6 is 11.6 Å². The Morgan fingerprint density at radius 2 is 2.13 bits per heavy atom. The van der Waals surface area contributed by atoms with Crippen molar-refractivity contribution in [3.63, 3.8) is 0 Å². The molecule has 0 radical (unpaired) electrons. The maximum atomic E-state index is 10.3. The standard InChI is InChI=1S/C8H7ClO.C4H9N/c1-6-2-3-7(5-10)8(9)4-6;1-5-4-2-3-4/h2-5H,1H3;4-5H,2-3H2,1H3. The molecule has 1 aliphatic rings. The summed E-state index contributed by atoms with van der Waals surface area (Å²) in [4.78, 5) is 10.3. The number of hydrogen-bond donors (Lipinski definition) is 1. The van der Waals surface area contributed by atoms with Gasteiger partial charge in [-0.05, 0) is 44.5 Å². The van der Waals surface area contributed by atoms with E-state index in [4.69, 9.17) is 11.6 Å². The molecule has 0 heterocycles. The first-order valence-electron chi connectivity index (χ1n) is 5.06. The Bertz CT molecular complexity index is 334. The van der Waals surface area contributed by atoms with E-state index < -0.39 is 0 Å². The molecular formula is C12H16ClNO. The van der Waals surface area contributed by atoms with E-state index in [9.17, 15) is 4.79 Å². The number of halogens is 1. The lowest BCUT2D eigenvalue weighted by Crippen LogP contribution is -2.06. The summed E-state index contributed by atoms with van der Waals surface area (Å²) in [5, 5.41) is 3.66. The molecule has 0 atom stereocenters. The van der Waals surface area contributed by atoms with Gasteiger partial charge in [-0.15, -0.1) is 0 Å². The van der Waals surface area contributed by atoms with Gasteiger partial charge in [-0.2, -0.15) is 0 Å². The highest BCUT2D eigenvalue weighted by molar-refractivity contribution is 6.33. The molecule has 1 fully saturated rings. The molecule has 3 heteroatoms. The predicted octanol–water partition coefficient (Wildman–Crippen LogP) is 2.83. The van der Waals surface area contributed by atoms with Crippen LogP contribution in [0, 0.1) is 6.92 Å². The summed E-state index contributed by atoms with van der Waals surface area (Å²) >= 11 is 5.70. The number of aldehydes is 1. The van der Waals surface area contributed by atoms with Crippen LogP contribution in [-0.4, -0.2) is 19.4 Å². The lowest BCUT2D eigenvalue weighted by molar-refractivity contribution is 0.112. The van der Waals surface area contributed by atoms with E-state index in [1.54, 1.807) is 12.1 Å². The smallest absolute Gasteiger partial charge is 0.151 e. The number of carbonyl (C=O) groups excluding carboxylic acids is 1. The number of benzene rings is 1. The first kappa shape index (κ1) is 12.2. The number of aryl methyl sites for hydroxylation is 1. The lowest BCUT2D eigenvalue weighted by atomic mass is 10.2. The second kappa shape index (κ2) is 5.89. The Morgan fingerprint density at radius 3 is 2.47 bits per heavy atom. The summed E-state index contributed by atoms with van der Waals surface area (Å²) in [7, 11) is 2.01. The van der Waals surface area contributed by atoms with E-state index in [2.05, 4.69) is 5.32 Å². The van der Waals surface area contributed by atoms with Gasteiger partial charge in [-0.25, -0.2) is 0 Å². The Hall–Kier alpha value is -0.860. The van der Waals surface area contributed by atoms with E-state index in [1.165, 1.54) is 12.8 Å². The number of hydrogen-bond acceptors (Lipinski definition) is 2. The van der Waals surface area contributed by atoms with Crippen molar-refractivity contribution in [2.75, 3.05) is 7.05 Å². The number of carbonyl (C=O) groups is 1. The van der Waals surface area contributed by atoms with Crippen LogP contribution in [0.5, 0.6) is 0 Å². The van der Waals surface area contributed by atoms with Gasteiger partial charge in [-0.1, -0.05) is 17.7 Å². The SMILES string of the molecule is CNC1CC1.Cc1ccc(C=O)c(Cl)c1. The zero-order valence-electron chi connectivity index (χ0n) is 9.09.